The Morgan fingerprint density at radius 3 is 2.53 bits per heavy atom. The molecule has 2 aromatic heterocycles. The van der Waals surface area contributed by atoms with E-state index in [-0.39, 0.29) is 17.8 Å². The van der Waals surface area contributed by atoms with Gasteiger partial charge in [-0.1, -0.05) is 18.9 Å². The number of ether oxygens (including phenoxy) is 2. The van der Waals surface area contributed by atoms with Crippen LogP contribution in [0.5, 0.6) is 5.88 Å². The van der Waals surface area contributed by atoms with Crippen LogP contribution in [0.3, 0.4) is 0 Å². The van der Waals surface area contributed by atoms with E-state index in [1.165, 1.54) is 0 Å². The van der Waals surface area contributed by atoms with Crippen molar-refractivity contribution in [2.75, 3.05) is 17.2 Å². The summed E-state index contributed by atoms with van der Waals surface area (Å²) in [6.07, 6.45) is 3.20. The predicted molar refractivity (Wildman–Crippen MR) is 128 cm³/mol. The molecule has 0 aliphatic heterocycles. The average Bonchev–Trinajstić information content (AvgIpc) is 2.74. The van der Waals surface area contributed by atoms with E-state index in [2.05, 4.69) is 31.1 Å². The van der Waals surface area contributed by atoms with E-state index < -0.39 is 17.6 Å². The number of primary amides is 1. The average molecular weight is 472 g/mol. The number of anilines is 3. The number of nitrogens with two attached hydrogens (primary N) is 1. The Kier molecular flexibility index (Phi) is 8.08. The van der Waals surface area contributed by atoms with Crippen LogP contribution >= 0.6 is 0 Å². The van der Waals surface area contributed by atoms with Crippen LogP contribution in [0.15, 0.2) is 24.3 Å². The number of aromatic nitrogens is 3. The van der Waals surface area contributed by atoms with Crippen LogP contribution in [0, 0.1) is 0 Å². The fourth-order valence-corrected chi connectivity index (χ4v) is 3.72. The molecule has 1 fully saturated rings. The molecule has 0 spiro atoms. The van der Waals surface area contributed by atoms with Gasteiger partial charge in [0.15, 0.2) is 11.5 Å². The van der Waals surface area contributed by atoms with Crippen molar-refractivity contribution < 1.29 is 19.1 Å². The third kappa shape index (κ3) is 7.19. The molecule has 2 heterocycles. The number of alkyl carbamates (subject to hydrolysis) is 1. The van der Waals surface area contributed by atoms with Gasteiger partial charge in [-0.15, -0.1) is 10.2 Å². The van der Waals surface area contributed by atoms with E-state index in [1.807, 2.05) is 27.7 Å². The van der Waals surface area contributed by atoms with Gasteiger partial charge < -0.3 is 31.2 Å². The summed E-state index contributed by atoms with van der Waals surface area (Å²) in [4.78, 5) is 28.6. The lowest BCUT2D eigenvalue weighted by Gasteiger charge is -2.33. The summed E-state index contributed by atoms with van der Waals surface area (Å²) in [6.45, 7) is 7.83. The van der Waals surface area contributed by atoms with Crippen molar-refractivity contribution in [3.8, 4) is 5.88 Å². The Labute approximate surface area is 199 Å². The van der Waals surface area contributed by atoms with Crippen molar-refractivity contribution in [2.24, 2.45) is 5.73 Å². The highest BCUT2D eigenvalue weighted by Crippen LogP contribution is 2.26. The molecule has 1 aliphatic carbocycles. The number of amides is 2. The smallest absolute Gasteiger partial charge is 0.407 e. The van der Waals surface area contributed by atoms with Gasteiger partial charge >= 0.3 is 6.09 Å². The minimum absolute atomic E-state index is 0.0127. The van der Waals surface area contributed by atoms with Gasteiger partial charge in [-0.05, 0) is 46.6 Å². The summed E-state index contributed by atoms with van der Waals surface area (Å²) in [5, 5.41) is 17.5. The number of carbonyl (C=O) groups is 2. The maximum absolute atomic E-state index is 12.3. The highest BCUT2D eigenvalue weighted by molar-refractivity contribution is 5.97. The van der Waals surface area contributed by atoms with Gasteiger partial charge in [-0.25, -0.2) is 4.79 Å². The molecule has 3 rings (SSSR count). The van der Waals surface area contributed by atoms with Gasteiger partial charge in [0, 0.05) is 18.2 Å². The largest absolute Gasteiger partial charge is 0.478 e. The zero-order chi connectivity index (χ0) is 24.7. The lowest BCUT2D eigenvalue weighted by molar-refractivity contribution is 0.0488. The van der Waals surface area contributed by atoms with E-state index in [0.717, 1.165) is 25.7 Å². The molecule has 0 saturated heterocycles. The fourth-order valence-electron chi connectivity index (χ4n) is 3.72. The zero-order valence-corrected chi connectivity index (χ0v) is 20.1. The van der Waals surface area contributed by atoms with Crippen LogP contribution in [0.25, 0.3) is 0 Å². The minimum atomic E-state index is -0.718. The quantitative estimate of drug-likeness (QED) is 0.454. The number of pyridine rings is 1. The summed E-state index contributed by atoms with van der Waals surface area (Å²) in [6, 6.07) is 6.70. The topological polar surface area (TPSA) is 153 Å². The van der Waals surface area contributed by atoms with Crippen LogP contribution in [0.4, 0.5) is 22.1 Å². The molecule has 0 aromatic carbocycles. The third-order valence-electron chi connectivity index (χ3n) is 5.11. The highest BCUT2D eigenvalue weighted by atomic mass is 16.6. The van der Waals surface area contributed by atoms with Gasteiger partial charge in [0.25, 0.3) is 5.91 Å². The minimum Gasteiger partial charge on any atom is -0.478 e. The summed E-state index contributed by atoms with van der Waals surface area (Å²) in [5.74, 6) is 0.641. The van der Waals surface area contributed by atoms with Gasteiger partial charge in [0.05, 0.1) is 18.3 Å². The van der Waals surface area contributed by atoms with E-state index in [1.54, 1.807) is 24.3 Å². The summed E-state index contributed by atoms with van der Waals surface area (Å²) < 4.78 is 10.8. The van der Waals surface area contributed by atoms with Crippen LogP contribution in [0.2, 0.25) is 0 Å². The maximum Gasteiger partial charge on any atom is 0.407 e. The number of rotatable bonds is 8. The number of nitrogens with zero attached hydrogens (tertiary/aromatic N) is 3. The molecule has 2 aromatic rings. The molecule has 1 aliphatic rings. The molecule has 2 amide bonds. The van der Waals surface area contributed by atoms with E-state index in [9.17, 15) is 9.59 Å². The second-order valence-electron chi connectivity index (χ2n) is 9.06. The van der Waals surface area contributed by atoms with Crippen LogP contribution in [-0.4, -0.2) is 51.5 Å². The van der Waals surface area contributed by atoms with Gasteiger partial charge in [-0.3, -0.25) is 4.79 Å². The highest BCUT2D eigenvalue weighted by Gasteiger charge is 2.29. The lowest BCUT2D eigenvalue weighted by Crippen LogP contribution is -2.49. The summed E-state index contributed by atoms with van der Waals surface area (Å²) >= 11 is 0. The molecule has 0 radical (unpaired) electrons. The van der Waals surface area contributed by atoms with Crippen molar-refractivity contribution in [1.29, 1.82) is 0 Å². The Morgan fingerprint density at radius 2 is 1.85 bits per heavy atom. The van der Waals surface area contributed by atoms with Gasteiger partial charge in [0.1, 0.15) is 11.4 Å². The number of hydrogen-bond acceptors (Lipinski definition) is 9. The van der Waals surface area contributed by atoms with Crippen molar-refractivity contribution in [1.82, 2.24) is 20.5 Å². The summed E-state index contributed by atoms with van der Waals surface area (Å²) in [7, 11) is 0. The first-order valence-corrected chi connectivity index (χ1v) is 11.4. The molecular weight excluding hydrogens is 438 g/mol. The van der Waals surface area contributed by atoms with Crippen LogP contribution < -0.4 is 26.4 Å². The predicted octanol–water partition coefficient (Wildman–Crippen LogP) is 3.36. The molecule has 5 N–H and O–H groups in total. The number of carbonyl (C=O) groups excluding carboxylic acids is 2. The van der Waals surface area contributed by atoms with Crippen molar-refractivity contribution in [3.05, 3.63) is 30.0 Å². The molecule has 11 nitrogen and oxygen atoms in total. The first-order valence-electron chi connectivity index (χ1n) is 11.4. The van der Waals surface area contributed by atoms with Crippen molar-refractivity contribution >= 4 is 29.3 Å². The van der Waals surface area contributed by atoms with Gasteiger partial charge in [-0.2, -0.15) is 4.98 Å². The SMILES string of the molecule is CCOc1cccc(Nc2cc(N[C@@H]3CCCC[C@@H]3NC(=O)OC(C)(C)C)nnc2C(N)=O)n1. The van der Waals surface area contributed by atoms with Gasteiger partial charge in [0.2, 0.25) is 5.88 Å². The molecule has 0 bridgehead atoms. The summed E-state index contributed by atoms with van der Waals surface area (Å²) in [5.41, 5.74) is 5.27. The first kappa shape index (κ1) is 25.0. The monoisotopic (exact) mass is 471 g/mol. The molecule has 34 heavy (non-hydrogen) atoms. The Bertz CT molecular complexity index is 1010. The Balaban J connectivity index is 1.78. The first-order chi connectivity index (χ1) is 16.1. The van der Waals surface area contributed by atoms with E-state index in [4.69, 9.17) is 15.2 Å². The zero-order valence-electron chi connectivity index (χ0n) is 20.1. The number of nitrogens with one attached hydrogen (secondary N) is 3. The number of hydrogen-bond donors (Lipinski definition) is 4. The molecule has 11 heteroatoms. The normalized spacial score (nSPS) is 18.0. The maximum atomic E-state index is 12.3. The molecular formula is C23H33N7O4. The second kappa shape index (κ2) is 11.0. The van der Waals surface area contributed by atoms with Crippen molar-refractivity contribution in [3.63, 3.8) is 0 Å². The molecule has 2 atom stereocenters. The second-order valence-corrected chi connectivity index (χ2v) is 9.06. The van der Waals surface area contributed by atoms with Crippen LogP contribution in [0.1, 0.15) is 63.9 Å². The van der Waals surface area contributed by atoms with E-state index in [0.29, 0.717) is 29.8 Å². The molecule has 184 valence electrons. The third-order valence-corrected chi connectivity index (χ3v) is 5.11. The van der Waals surface area contributed by atoms with Crippen molar-refractivity contribution in [2.45, 2.75) is 71.1 Å². The lowest BCUT2D eigenvalue weighted by atomic mass is 9.90. The fraction of sp³-hybridized carbons (Fsp3) is 0.522. The molecule has 1 saturated carbocycles. The van der Waals surface area contributed by atoms with Crippen LogP contribution in [-0.2, 0) is 4.74 Å². The Hall–Kier alpha value is -3.63. The Morgan fingerprint density at radius 1 is 1.12 bits per heavy atom. The standard InChI is InChI=1S/C23H33N7O4/c1-5-33-19-12-8-11-17(28-19)26-16-13-18(29-30-20(16)21(24)31)25-14-9-6-7-10-15(14)27-22(32)34-23(2,3)4/h8,11-15H,5-7,9-10H2,1-4H3,(H2,24,31)(H,27,32)(H2,25,26,28,29)/t14-,15+/m1/s1. The molecule has 0 unspecified atom stereocenters. The van der Waals surface area contributed by atoms with E-state index >= 15 is 0 Å².